The van der Waals surface area contributed by atoms with Crippen molar-refractivity contribution in [1.82, 2.24) is 15.6 Å². The van der Waals surface area contributed by atoms with Crippen LogP contribution in [0.2, 0.25) is 0 Å². The molecule has 24 heavy (non-hydrogen) atoms. The Morgan fingerprint density at radius 3 is 2.75 bits per heavy atom. The molecule has 5 heteroatoms. The molecule has 0 atom stereocenters. The second-order valence-electron chi connectivity index (χ2n) is 6.52. The number of aliphatic imine (C=N–C) groups is 1. The molecule has 0 amide bonds. The van der Waals surface area contributed by atoms with Crippen molar-refractivity contribution >= 4 is 5.96 Å². The van der Waals surface area contributed by atoms with Gasteiger partial charge in [-0.1, -0.05) is 18.9 Å². The fraction of sp³-hybridized carbons (Fsp3) is 0.684. The van der Waals surface area contributed by atoms with Gasteiger partial charge in [0.2, 0.25) is 0 Å². The molecule has 134 valence electrons. The highest BCUT2D eigenvalue weighted by molar-refractivity contribution is 5.79. The average Bonchev–Trinajstić information content (AvgIpc) is 3.08. The molecule has 1 fully saturated rings. The monoisotopic (exact) mass is 332 g/mol. The van der Waals surface area contributed by atoms with Crippen molar-refractivity contribution in [3.63, 3.8) is 0 Å². The molecule has 0 bridgehead atoms. The molecule has 1 saturated carbocycles. The van der Waals surface area contributed by atoms with Crippen LogP contribution in [-0.4, -0.2) is 37.2 Å². The third-order valence-electron chi connectivity index (χ3n) is 4.75. The summed E-state index contributed by atoms with van der Waals surface area (Å²) in [4.78, 5) is 9.01. The van der Waals surface area contributed by atoms with Crippen molar-refractivity contribution in [1.29, 1.82) is 0 Å². The Morgan fingerprint density at radius 2 is 2.08 bits per heavy atom. The van der Waals surface area contributed by atoms with Crippen LogP contribution in [0.1, 0.15) is 51.6 Å². The van der Waals surface area contributed by atoms with Crippen LogP contribution in [0, 0.1) is 5.41 Å². The lowest BCUT2D eigenvalue weighted by Crippen LogP contribution is -2.43. The fourth-order valence-electron chi connectivity index (χ4n) is 3.34. The second-order valence-corrected chi connectivity index (χ2v) is 6.52. The predicted molar refractivity (Wildman–Crippen MR) is 99.1 cm³/mol. The van der Waals surface area contributed by atoms with Crippen LogP contribution < -0.4 is 10.6 Å². The van der Waals surface area contributed by atoms with E-state index in [4.69, 9.17) is 4.74 Å². The highest BCUT2D eigenvalue weighted by Crippen LogP contribution is 2.40. The van der Waals surface area contributed by atoms with E-state index in [9.17, 15) is 0 Å². The van der Waals surface area contributed by atoms with Crippen LogP contribution in [0.4, 0.5) is 0 Å². The smallest absolute Gasteiger partial charge is 0.191 e. The van der Waals surface area contributed by atoms with E-state index in [2.05, 4.69) is 34.5 Å². The van der Waals surface area contributed by atoms with Crippen LogP contribution in [-0.2, 0) is 11.3 Å². The highest BCUT2D eigenvalue weighted by atomic mass is 16.5. The predicted octanol–water partition coefficient (Wildman–Crippen LogP) is 3.12. The zero-order chi connectivity index (χ0) is 17.1. The van der Waals surface area contributed by atoms with Gasteiger partial charge in [-0.05, 0) is 50.7 Å². The van der Waals surface area contributed by atoms with E-state index in [1.54, 1.807) is 0 Å². The van der Waals surface area contributed by atoms with Gasteiger partial charge in [-0.3, -0.25) is 4.98 Å². The van der Waals surface area contributed by atoms with Gasteiger partial charge in [0.25, 0.3) is 0 Å². The molecule has 0 saturated heterocycles. The van der Waals surface area contributed by atoms with E-state index < -0.39 is 0 Å². The first-order chi connectivity index (χ1) is 11.8. The molecule has 1 heterocycles. The van der Waals surface area contributed by atoms with E-state index in [1.807, 2.05) is 24.4 Å². The SMILES string of the molecule is CCNC(=NCc1ccccn1)NCC1(CCOCC)CCCC1. The molecular formula is C19H32N4O. The number of aromatic nitrogens is 1. The second kappa shape index (κ2) is 10.3. The number of nitrogens with one attached hydrogen (secondary N) is 2. The number of guanidine groups is 1. The fourth-order valence-corrected chi connectivity index (χ4v) is 3.34. The summed E-state index contributed by atoms with van der Waals surface area (Å²) in [6.45, 7) is 8.25. The molecule has 0 unspecified atom stereocenters. The summed E-state index contributed by atoms with van der Waals surface area (Å²) in [6, 6.07) is 5.94. The maximum Gasteiger partial charge on any atom is 0.191 e. The number of ether oxygens (including phenoxy) is 1. The van der Waals surface area contributed by atoms with Gasteiger partial charge in [0, 0.05) is 32.5 Å². The van der Waals surface area contributed by atoms with Gasteiger partial charge in [0.15, 0.2) is 5.96 Å². The van der Waals surface area contributed by atoms with Crippen LogP contribution in [0.15, 0.2) is 29.4 Å². The third-order valence-corrected chi connectivity index (χ3v) is 4.75. The first-order valence-electron chi connectivity index (χ1n) is 9.28. The summed E-state index contributed by atoms with van der Waals surface area (Å²) in [6.07, 6.45) is 8.17. The van der Waals surface area contributed by atoms with E-state index in [-0.39, 0.29) is 0 Å². The van der Waals surface area contributed by atoms with Crippen molar-refractivity contribution in [2.24, 2.45) is 10.4 Å². The average molecular weight is 332 g/mol. The minimum absolute atomic E-state index is 0.357. The zero-order valence-corrected chi connectivity index (χ0v) is 15.2. The minimum atomic E-state index is 0.357. The van der Waals surface area contributed by atoms with E-state index in [0.29, 0.717) is 12.0 Å². The van der Waals surface area contributed by atoms with Gasteiger partial charge in [-0.15, -0.1) is 0 Å². The standard InChI is InChI=1S/C19H32N4O/c1-3-20-18(22-15-17-9-5-8-13-21-17)23-16-19(10-6-7-11-19)12-14-24-4-2/h5,8-9,13H,3-4,6-7,10-12,14-16H2,1-2H3,(H2,20,22,23). The largest absolute Gasteiger partial charge is 0.382 e. The van der Waals surface area contributed by atoms with Gasteiger partial charge in [-0.25, -0.2) is 4.99 Å². The minimum Gasteiger partial charge on any atom is -0.382 e. The normalized spacial score (nSPS) is 17.0. The number of rotatable bonds is 9. The van der Waals surface area contributed by atoms with Crippen LogP contribution in [0.5, 0.6) is 0 Å². The molecule has 0 spiro atoms. The third kappa shape index (κ3) is 6.11. The Kier molecular flexibility index (Phi) is 8.02. The van der Waals surface area contributed by atoms with Crippen molar-refractivity contribution < 1.29 is 4.74 Å². The molecule has 0 aliphatic heterocycles. The lowest BCUT2D eigenvalue weighted by Gasteiger charge is -2.30. The van der Waals surface area contributed by atoms with Crippen molar-refractivity contribution in [3.8, 4) is 0 Å². The summed E-state index contributed by atoms with van der Waals surface area (Å²) < 4.78 is 5.60. The van der Waals surface area contributed by atoms with Gasteiger partial charge in [-0.2, -0.15) is 0 Å². The Bertz CT molecular complexity index is 483. The Balaban J connectivity index is 1.90. The highest BCUT2D eigenvalue weighted by Gasteiger charge is 2.33. The van der Waals surface area contributed by atoms with Gasteiger partial charge >= 0.3 is 0 Å². The van der Waals surface area contributed by atoms with E-state index in [1.165, 1.54) is 25.7 Å². The Labute approximate surface area is 146 Å². The Hall–Kier alpha value is -1.62. The number of pyridine rings is 1. The molecule has 5 nitrogen and oxygen atoms in total. The van der Waals surface area contributed by atoms with Gasteiger partial charge in [0.1, 0.15) is 0 Å². The quantitative estimate of drug-likeness (QED) is 0.414. The number of hydrogen-bond acceptors (Lipinski definition) is 3. The first-order valence-corrected chi connectivity index (χ1v) is 9.28. The molecule has 2 rings (SSSR count). The number of hydrogen-bond donors (Lipinski definition) is 2. The van der Waals surface area contributed by atoms with Crippen molar-refractivity contribution in [2.45, 2.75) is 52.5 Å². The topological polar surface area (TPSA) is 58.5 Å². The lowest BCUT2D eigenvalue weighted by atomic mass is 9.83. The summed E-state index contributed by atoms with van der Waals surface area (Å²) in [5, 5.41) is 6.90. The van der Waals surface area contributed by atoms with E-state index in [0.717, 1.165) is 44.4 Å². The summed E-state index contributed by atoms with van der Waals surface area (Å²) in [5.74, 6) is 0.880. The maximum absolute atomic E-state index is 5.60. The molecule has 1 aromatic heterocycles. The zero-order valence-electron chi connectivity index (χ0n) is 15.2. The number of nitrogens with zero attached hydrogens (tertiary/aromatic N) is 2. The molecule has 1 aliphatic carbocycles. The van der Waals surface area contributed by atoms with Crippen LogP contribution in [0.3, 0.4) is 0 Å². The van der Waals surface area contributed by atoms with Crippen LogP contribution in [0.25, 0.3) is 0 Å². The van der Waals surface area contributed by atoms with Crippen LogP contribution >= 0.6 is 0 Å². The maximum atomic E-state index is 5.60. The van der Waals surface area contributed by atoms with Gasteiger partial charge < -0.3 is 15.4 Å². The molecule has 0 aromatic carbocycles. The Morgan fingerprint density at radius 1 is 1.25 bits per heavy atom. The molecule has 1 aromatic rings. The summed E-state index contributed by atoms with van der Waals surface area (Å²) in [5.41, 5.74) is 1.35. The van der Waals surface area contributed by atoms with E-state index >= 15 is 0 Å². The van der Waals surface area contributed by atoms with Gasteiger partial charge in [0.05, 0.1) is 12.2 Å². The molecular weight excluding hydrogens is 300 g/mol. The summed E-state index contributed by atoms with van der Waals surface area (Å²) >= 11 is 0. The lowest BCUT2D eigenvalue weighted by molar-refractivity contribution is 0.105. The molecule has 1 aliphatic rings. The first kappa shape index (κ1) is 18.7. The van der Waals surface area contributed by atoms with Crippen molar-refractivity contribution in [2.75, 3.05) is 26.3 Å². The molecule has 2 N–H and O–H groups in total. The molecule has 0 radical (unpaired) electrons. The van der Waals surface area contributed by atoms with Crippen molar-refractivity contribution in [3.05, 3.63) is 30.1 Å². The summed E-state index contributed by atoms with van der Waals surface area (Å²) in [7, 11) is 0.